The van der Waals surface area contributed by atoms with Crippen molar-refractivity contribution in [2.24, 2.45) is 0 Å². The number of benzene rings is 1. The van der Waals surface area contributed by atoms with Crippen LogP contribution in [0.25, 0.3) is 0 Å². The molecule has 0 amide bonds. The lowest BCUT2D eigenvalue weighted by molar-refractivity contribution is 0.583. The Balaban J connectivity index is 1.95. The van der Waals surface area contributed by atoms with Gasteiger partial charge in [0.15, 0.2) is 0 Å². The van der Waals surface area contributed by atoms with Crippen LogP contribution in [0.3, 0.4) is 0 Å². The van der Waals surface area contributed by atoms with Crippen LogP contribution in [0.2, 0.25) is 15.1 Å². The van der Waals surface area contributed by atoms with Gasteiger partial charge in [-0.05, 0) is 12.1 Å². The van der Waals surface area contributed by atoms with Gasteiger partial charge >= 0.3 is 0 Å². The number of hydrogen-bond acceptors (Lipinski definition) is 4. The summed E-state index contributed by atoms with van der Waals surface area (Å²) in [6.07, 6.45) is 2.90. The summed E-state index contributed by atoms with van der Waals surface area (Å²) in [5.74, 6) is 0. The third-order valence-corrected chi connectivity index (χ3v) is 5.23. The molecule has 2 rings (SSSR count). The molecule has 0 aliphatic heterocycles. The summed E-state index contributed by atoms with van der Waals surface area (Å²) in [4.78, 5) is 3.87. The Bertz CT molecular complexity index is 749. The molecule has 118 valence electrons. The van der Waals surface area contributed by atoms with E-state index in [1.807, 2.05) is 0 Å². The fraction of sp³-hybridized carbons (Fsp3) is 0.154. The molecule has 0 saturated carbocycles. The average Bonchev–Trinajstić information content (AvgIpc) is 2.46. The van der Waals surface area contributed by atoms with E-state index in [1.54, 1.807) is 12.1 Å². The zero-order chi connectivity index (χ0) is 16.2. The van der Waals surface area contributed by atoms with Crippen LogP contribution in [-0.4, -0.2) is 26.5 Å². The van der Waals surface area contributed by atoms with Gasteiger partial charge in [-0.3, -0.25) is 4.98 Å². The molecule has 0 radical (unpaired) electrons. The predicted octanol–water partition coefficient (Wildman–Crippen LogP) is 3.43. The Morgan fingerprint density at radius 1 is 0.955 bits per heavy atom. The van der Waals surface area contributed by atoms with Crippen LogP contribution in [0.15, 0.2) is 41.6 Å². The van der Waals surface area contributed by atoms with Gasteiger partial charge in [-0.1, -0.05) is 46.9 Å². The van der Waals surface area contributed by atoms with Gasteiger partial charge in [-0.15, -0.1) is 0 Å². The van der Waals surface area contributed by atoms with Crippen molar-refractivity contribution in [2.45, 2.75) is 4.90 Å². The standard InChI is InChI=1S/C13H12Cl3N3O2S/c14-9-3-1-2-4-12(9)22(20,21)19-6-5-18-13-10(15)7-17-8-11(13)16/h1-4,7-8,19H,5-6H2,(H,17,18). The number of hydrogen-bond donors (Lipinski definition) is 2. The fourth-order valence-electron chi connectivity index (χ4n) is 1.69. The molecule has 0 unspecified atom stereocenters. The summed E-state index contributed by atoms with van der Waals surface area (Å²) < 4.78 is 26.7. The Labute approximate surface area is 143 Å². The Hall–Kier alpha value is -1.05. The zero-order valence-corrected chi connectivity index (χ0v) is 14.3. The third kappa shape index (κ3) is 4.24. The van der Waals surface area contributed by atoms with Gasteiger partial charge in [0.2, 0.25) is 10.0 Å². The maximum Gasteiger partial charge on any atom is 0.242 e. The molecule has 2 aromatic rings. The summed E-state index contributed by atoms with van der Waals surface area (Å²) in [6, 6.07) is 6.23. The topological polar surface area (TPSA) is 71.1 Å². The van der Waals surface area contributed by atoms with E-state index in [2.05, 4.69) is 15.0 Å². The molecule has 2 N–H and O–H groups in total. The van der Waals surface area contributed by atoms with Crippen molar-refractivity contribution in [3.05, 3.63) is 51.7 Å². The maximum absolute atomic E-state index is 12.1. The molecule has 0 fully saturated rings. The molecular formula is C13H12Cl3N3O2S. The normalized spacial score (nSPS) is 11.4. The second-order valence-corrected chi connectivity index (χ2v) is 7.19. The SMILES string of the molecule is O=S(=O)(NCCNc1c(Cl)cncc1Cl)c1ccccc1Cl. The highest BCUT2D eigenvalue weighted by molar-refractivity contribution is 7.89. The molecule has 1 aromatic carbocycles. The van der Waals surface area contributed by atoms with Gasteiger partial charge < -0.3 is 5.32 Å². The Kier molecular flexibility index (Phi) is 5.88. The fourth-order valence-corrected chi connectivity index (χ4v) is 3.74. The monoisotopic (exact) mass is 379 g/mol. The highest BCUT2D eigenvalue weighted by atomic mass is 35.5. The summed E-state index contributed by atoms with van der Waals surface area (Å²) in [7, 11) is -3.67. The van der Waals surface area contributed by atoms with Gasteiger partial charge in [0.05, 0.1) is 20.8 Å². The zero-order valence-electron chi connectivity index (χ0n) is 11.2. The van der Waals surface area contributed by atoms with E-state index in [0.29, 0.717) is 22.3 Å². The number of aromatic nitrogens is 1. The van der Waals surface area contributed by atoms with E-state index >= 15 is 0 Å². The maximum atomic E-state index is 12.1. The first-order chi connectivity index (χ1) is 10.4. The van der Waals surface area contributed by atoms with Gasteiger partial charge in [-0.25, -0.2) is 13.1 Å². The highest BCUT2D eigenvalue weighted by Crippen LogP contribution is 2.28. The number of rotatable bonds is 6. The first kappa shape index (κ1) is 17.3. The van der Waals surface area contributed by atoms with Crippen molar-refractivity contribution < 1.29 is 8.42 Å². The lowest BCUT2D eigenvalue weighted by atomic mass is 10.4. The number of nitrogens with zero attached hydrogens (tertiary/aromatic N) is 1. The lowest BCUT2D eigenvalue weighted by Crippen LogP contribution is -2.29. The second kappa shape index (κ2) is 7.48. The minimum atomic E-state index is -3.67. The minimum Gasteiger partial charge on any atom is -0.381 e. The Morgan fingerprint density at radius 2 is 1.59 bits per heavy atom. The van der Waals surface area contributed by atoms with Crippen LogP contribution in [0.5, 0.6) is 0 Å². The number of pyridine rings is 1. The number of anilines is 1. The summed E-state index contributed by atoms with van der Waals surface area (Å²) in [5.41, 5.74) is 0.510. The molecule has 0 atom stereocenters. The van der Waals surface area contributed by atoms with Gasteiger partial charge in [-0.2, -0.15) is 0 Å². The lowest BCUT2D eigenvalue weighted by Gasteiger charge is -2.11. The number of nitrogens with one attached hydrogen (secondary N) is 2. The molecule has 1 heterocycles. The highest BCUT2D eigenvalue weighted by Gasteiger charge is 2.16. The van der Waals surface area contributed by atoms with Crippen LogP contribution in [-0.2, 0) is 10.0 Å². The van der Waals surface area contributed by atoms with E-state index in [9.17, 15) is 8.42 Å². The van der Waals surface area contributed by atoms with Gasteiger partial charge in [0.1, 0.15) is 4.90 Å². The van der Waals surface area contributed by atoms with E-state index in [-0.39, 0.29) is 16.5 Å². The van der Waals surface area contributed by atoms with Crippen LogP contribution in [0, 0.1) is 0 Å². The van der Waals surface area contributed by atoms with Crippen molar-refractivity contribution >= 4 is 50.5 Å². The number of halogens is 3. The summed E-state index contributed by atoms with van der Waals surface area (Å²) in [6.45, 7) is 0.440. The van der Waals surface area contributed by atoms with Gasteiger partial charge in [0.25, 0.3) is 0 Å². The third-order valence-electron chi connectivity index (χ3n) is 2.70. The molecule has 9 heteroatoms. The van der Waals surface area contributed by atoms with Crippen molar-refractivity contribution in [3.63, 3.8) is 0 Å². The first-order valence-corrected chi connectivity index (χ1v) is 8.80. The molecule has 22 heavy (non-hydrogen) atoms. The second-order valence-electron chi connectivity index (χ2n) is 4.23. The average molecular weight is 381 g/mol. The van der Waals surface area contributed by atoms with Crippen LogP contribution >= 0.6 is 34.8 Å². The predicted molar refractivity (Wildman–Crippen MR) is 89.4 cm³/mol. The van der Waals surface area contributed by atoms with Crippen molar-refractivity contribution in [3.8, 4) is 0 Å². The Morgan fingerprint density at radius 3 is 2.23 bits per heavy atom. The van der Waals surface area contributed by atoms with E-state index < -0.39 is 10.0 Å². The molecule has 0 saturated heterocycles. The summed E-state index contributed by atoms with van der Waals surface area (Å²) >= 11 is 17.8. The molecule has 0 bridgehead atoms. The van der Waals surface area contributed by atoms with Crippen LogP contribution < -0.4 is 10.0 Å². The summed E-state index contributed by atoms with van der Waals surface area (Å²) in [5, 5.41) is 3.85. The number of sulfonamides is 1. The molecule has 0 aliphatic rings. The molecular weight excluding hydrogens is 369 g/mol. The van der Waals surface area contributed by atoms with Crippen molar-refractivity contribution in [1.29, 1.82) is 0 Å². The van der Waals surface area contributed by atoms with Crippen LogP contribution in [0.1, 0.15) is 0 Å². The smallest absolute Gasteiger partial charge is 0.242 e. The van der Waals surface area contributed by atoms with E-state index in [4.69, 9.17) is 34.8 Å². The molecule has 0 aliphatic carbocycles. The quantitative estimate of drug-likeness (QED) is 0.753. The van der Waals surface area contributed by atoms with Crippen molar-refractivity contribution in [1.82, 2.24) is 9.71 Å². The van der Waals surface area contributed by atoms with E-state index in [1.165, 1.54) is 24.5 Å². The van der Waals surface area contributed by atoms with Crippen molar-refractivity contribution in [2.75, 3.05) is 18.4 Å². The van der Waals surface area contributed by atoms with Crippen LogP contribution in [0.4, 0.5) is 5.69 Å². The van der Waals surface area contributed by atoms with Gasteiger partial charge in [0, 0.05) is 25.5 Å². The minimum absolute atomic E-state index is 0.0386. The molecule has 5 nitrogen and oxygen atoms in total. The molecule has 1 aromatic heterocycles. The molecule has 0 spiro atoms. The largest absolute Gasteiger partial charge is 0.381 e. The van der Waals surface area contributed by atoms with E-state index in [0.717, 1.165) is 0 Å². The first-order valence-electron chi connectivity index (χ1n) is 6.19.